The van der Waals surface area contributed by atoms with Crippen LogP contribution in [0.2, 0.25) is 0 Å². The molecule has 18 nitrogen and oxygen atoms in total. The highest BCUT2D eigenvalue weighted by atomic mass is 79.9. The number of nitrogens with zero attached hydrogens (tertiary/aromatic N) is 8. The molecule has 0 rings (SSSR count). The second kappa shape index (κ2) is 12.2. The molecule has 0 unspecified atom stereocenters. The van der Waals surface area contributed by atoms with Gasteiger partial charge in [-0.15, -0.1) is 10.0 Å². The fraction of sp³-hybridized carbons (Fsp3) is 0.889. The van der Waals surface area contributed by atoms with E-state index in [1.807, 2.05) is 0 Å². The average molecular weight is 477 g/mol. The number of rotatable bonds is 15. The molecule has 0 amide bonds. The Morgan fingerprint density at radius 2 is 1.21 bits per heavy atom. The summed E-state index contributed by atoms with van der Waals surface area (Å²) in [6.45, 7) is -3.13. The van der Waals surface area contributed by atoms with Crippen LogP contribution in [0.4, 0.5) is 0 Å². The summed E-state index contributed by atoms with van der Waals surface area (Å²) in [4.78, 5) is 54.7. The number of hydrazine groups is 4. The molecule has 0 spiro atoms. The molecule has 0 aromatic heterocycles. The van der Waals surface area contributed by atoms with Gasteiger partial charge < -0.3 is 4.74 Å². The lowest BCUT2D eigenvalue weighted by atomic mass is 10.5. The van der Waals surface area contributed by atoms with Crippen molar-refractivity contribution in [1.82, 2.24) is 20.0 Å². The Balaban J connectivity index is 5.13. The first kappa shape index (κ1) is 24.8. The molecule has 28 heavy (non-hydrogen) atoms. The molecule has 0 fully saturated rings. The molecule has 0 aliphatic carbocycles. The van der Waals surface area contributed by atoms with Gasteiger partial charge in [-0.1, -0.05) is 25.9 Å². The third kappa shape index (κ3) is 9.45. The molecule has 0 saturated carbocycles. The van der Waals surface area contributed by atoms with Crippen molar-refractivity contribution in [2.24, 2.45) is 0 Å². The predicted octanol–water partition coefficient (Wildman–Crippen LogP) is -1.21. The number of hydrogen-bond donors (Lipinski definition) is 0. The van der Waals surface area contributed by atoms with Crippen molar-refractivity contribution in [2.45, 2.75) is 6.92 Å². The van der Waals surface area contributed by atoms with Crippen LogP contribution < -0.4 is 0 Å². The van der Waals surface area contributed by atoms with E-state index in [2.05, 4.69) is 20.7 Å². The SMILES string of the molecule is CC(=O)OCN(CN(CN(CCN(CCBr)[N+](=O)[O-])[N+](=O)[O-])[N+](=O)[O-])[N+](=O)[O-]. The van der Waals surface area contributed by atoms with E-state index < -0.39 is 59.3 Å². The van der Waals surface area contributed by atoms with Gasteiger partial charge in [-0.05, 0) is 0 Å². The molecule has 0 aliphatic heterocycles. The minimum atomic E-state index is -1.12. The monoisotopic (exact) mass is 476 g/mol. The Kier molecular flexibility index (Phi) is 10.8. The normalized spacial score (nSPS) is 9.93. The van der Waals surface area contributed by atoms with E-state index in [0.29, 0.717) is 5.01 Å². The summed E-state index contributed by atoms with van der Waals surface area (Å²) in [7, 11) is 0. The van der Waals surface area contributed by atoms with E-state index in [1.165, 1.54) is 0 Å². The van der Waals surface area contributed by atoms with Gasteiger partial charge in [0.15, 0.2) is 20.1 Å². The van der Waals surface area contributed by atoms with Crippen molar-refractivity contribution >= 4 is 21.9 Å². The van der Waals surface area contributed by atoms with Crippen LogP contribution in [0, 0.1) is 40.5 Å². The molecular formula is C9H17BrN8O10. The van der Waals surface area contributed by atoms with Gasteiger partial charge in [0.1, 0.15) is 13.1 Å². The standard InChI is InChI=1S/C9H17BrN8O10/c1-9(19)28-8-14(18(26)27)7-13(17(24)25)6-12(16(22)23)5-4-11(3-2-10)15(20)21/h2-8H2,1H3. The first-order chi connectivity index (χ1) is 13.0. The van der Waals surface area contributed by atoms with Crippen LogP contribution in [0.25, 0.3) is 0 Å². The van der Waals surface area contributed by atoms with Crippen molar-refractivity contribution in [3.05, 3.63) is 40.5 Å². The van der Waals surface area contributed by atoms with Crippen molar-refractivity contribution in [1.29, 1.82) is 0 Å². The second-order valence-electron chi connectivity index (χ2n) is 4.88. The number of hydrogen-bond acceptors (Lipinski definition) is 10. The van der Waals surface area contributed by atoms with Crippen molar-refractivity contribution in [3.63, 3.8) is 0 Å². The molecule has 0 radical (unpaired) electrons. The smallest absolute Gasteiger partial charge is 0.304 e. The summed E-state index contributed by atoms with van der Waals surface area (Å²) in [6.07, 6.45) is 0. The van der Waals surface area contributed by atoms with Crippen LogP contribution >= 0.6 is 15.9 Å². The lowest BCUT2D eigenvalue weighted by molar-refractivity contribution is -0.739. The van der Waals surface area contributed by atoms with Crippen molar-refractivity contribution in [3.8, 4) is 0 Å². The summed E-state index contributed by atoms with van der Waals surface area (Å²) in [5.74, 6) is -0.877. The van der Waals surface area contributed by atoms with E-state index in [0.717, 1.165) is 6.92 Å². The zero-order valence-electron chi connectivity index (χ0n) is 14.5. The second-order valence-corrected chi connectivity index (χ2v) is 5.68. The molecule has 0 aromatic carbocycles. The zero-order valence-corrected chi connectivity index (χ0v) is 16.1. The molecular weight excluding hydrogens is 460 g/mol. The van der Waals surface area contributed by atoms with E-state index in [-0.39, 0.29) is 26.9 Å². The summed E-state index contributed by atoms with van der Waals surface area (Å²) in [6, 6.07) is 0. The maximum Gasteiger partial charge on any atom is 0.304 e. The quantitative estimate of drug-likeness (QED) is 0.0890. The minimum absolute atomic E-state index is 0.0744. The van der Waals surface area contributed by atoms with Crippen LogP contribution in [-0.2, 0) is 9.53 Å². The van der Waals surface area contributed by atoms with E-state index >= 15 is 0 Å². The van der Waals surface area contributed by atoms with E-state index in [4.69, 9.17) is 0 Å². The molecule has 0 saturated heterocycles. The third-order valence-electron chi connectivity index (χ3n) is 2.95. The third-order valence-corrected chi connectivity index (χ3v) is 3.31. The molecule has 19 heteroatoms. The highest BCUT2D eigenvalue weighted by molar-refractivity contribution is 9.09. The van der Waals surface area contributed by atoms with Crippen LogP contribution in [0.1, 0.15) is 6.92 Å². The number of alkyl halides is 1. The number of halogens is 1. The Hall–Kier alpha value is -3.25. The summed E-state index contributed by atoms with van der Waals surface area (Å²) in [5, 5.41) is 41.4. The molecule has 160 valence electrons. The summed E-state index contributed by atoms with van der Waals surface area (Å²) < 4.78 is 4.39. The lowest BCUT2D eigenvalue weighted by Crippen LogP contribution is -2.52. The zero-order chi connectivity index (χ0) is 21.9. The van der Waals surface area contributed by atoms with Crippen molar-refractivity contribution in [2.75, 3.05) is 45.0 Å². The van der Waals surface area contributed by atoms with Gasteiger partial charge in [0.2, 0.25) is 20.1 Å². The fourth-order valence-electron chi connectivity index (χ4n) is 1.64. The maximum absolute atomic E-state index is 11.1. The molecule has 0 aliphatic rings. The lowest BCUT2D eigenvalue weighted by Gasteiger charge is -2.22. The van der Waals surface area contributed by atoms with Crippen LogP contribution in [-0.4, -0.2) is 91.2 Å². The Morgan fingerprint density at radius 1 is 0.786 bits per heavy atom. The molecule has 0 bridgehead atoms. The van der Waals surface area contributed by atoms with Gasteiger partial charge in [-0.3, -0.25) is 4.79 Å². The van der Waals surface area contributed by atoms with Gasteiger partial charge in [0, 0.05) is 12.3 Å². The van der Waals surface area contributed by atoms with Crippen LogP contribution in [0.5, 0.6) is 0 Å². The maximum atomic E-state index is 11.1. The highest BCUT2D eigenvalue weighted by Gasteiger charge is 2.31. The van der Waals surface area contributed by atoms with Crippen molar-refractivity contribution < 1.29 is 29.7 Å². The fourth-order valence-corrected chi connectivity index (χ4v) is 2.05. The van der Waals surface area contributed by atoms with E-state index in [9.17, 15) is 45.3 Å². The molecule has 0 N–H and O–H groups in total. The first-order valence-electron chi connectivity index (χ1n) is 7.25. The highest BCUT2D eigenvalue weighted by Crippen LogP contribution is 2.02. The summed E-state index contributed by atoms with van der Waals surface area (Å²) >= 11 is 2.98. The summed E-state index contributed by atoms with van der Waals surface area (Å²) in [5.41, 5.74) is 0. The first-order valence-corrected chi connectivity index (χ1v) is 8.38. The van der Waals surface area contributed by atoms with Gasteiger partial charge in [-0.2, -0.15) is 0 Å². The van der Waals surface area contributed by atoms with Crippen LogP contribution in [0.15, 0.2) is 0 Å². The Morgan fingerprint density at radius 3 is 1.61 bits per heavy atom. The number of carbonyl (C=O) groups is 1. The topological polar surface area (TPSA) is 212 Å². The van der Waals surface area contributed by atoms with Gasteiger partial charge in [0.05, 0.1) is 6.54 Å². The molecule has 0 heterocycles. The van der Waals surface area contributed by atoms with E-state index in [1.54, 1.807) is 0 Å². The Labute approximate surface area is 164 Å². The molecule has 0 aromatic rings. The van der Waals surface area contributed by atoms with Crippen LogP contribution in [0.3, 0.4) is 0 Å². The average Bonchev–Trinajstić information content (AvgIpc) is 2.57. The van der Waals surface area contributed by atoms with Gasteiger partial charge in [0.25, 0.3) is 0 Å². The number of carbonyl (C=O) groups excluding carboxylic acids is 1. The molecule has 0 atom stereocenters. The van der Waals surface area contributed by atoms with Gasteiger partial charge >= 0.3 is 5.97 Å². The largest absolute Gasteiger partial charge is 0.439 e. The number of ether oxygens (including phenoxy) is 1. The Bertz CT molecular complexity index is 593. The van der Waals surface area contributed by atoms with Gasteiger partial charge in [-0.25, -0.2) is 40.5 Å². The predicted molar refractivity (Wildman–Crippen MR) is 90.1 cm³/mol. The number of esters is 1. The number of nitro groups is 4. The minimum Gasteiger partial charge on any atom is -0.439 e.